The fourth-order valence-electron chi connectivity index (χ4n) is 0.309. The van der Waals surface area contributed by atoms with Crippen LogP contribution < -0.4 is 0 Å². The van der Waals surface area contributed by atoms with Crippen molar-refractivity contribution in [1.29, 1.82) is 0 Å². The van der Waals surface area contributed by atoms with Crippen molar-refractivity contribution in [2.24, 2.45) is 5.92 Å². The molecule has 0 rings (SSSR count). The van der Waals surface area contributed by atoms with Gasteiger partial charge in [-0.25, -0.2) is 0 Å². The first-order valence-electron chi connectivity index (χ1n) is 4.34. The van der Waals surface area contributed by atoms with Crippen molar-refractivity contribution in [1.82, 2.24) is 0 Å². The Kier molecular flexibility index (Phi) is 10.0. The minimum absolute atomic E-state index is 0.00921. The first-order chi connectivity index (χ1) is 5.95. The molecule has 0 bridgehead atoms. The van der Waals surface area contributed by atoms with Gasteiger partial charge in [0.2, 0.25) is 0 Å². The molecule has 0 unspecified atom stereocenters. The zero-order valence-electron chi connectivity index (χ0n) is 8.66. The van der Waals surface area contributed by atoms with E-state index in [1.54, 1.807) is 13.8 Å². The molecule has 0 saturated heterocycles. The van der Waals surface area contributed by atoms with Crippen LogP contribution in [0.2, 0.25) is 0 Å². The predicted octanol–water partition coefficient (Wildman–Crippen LogP) is 1.69. The van der Waals surface area contributed by atoms with Crippen LogP contribution in [0.1, 0.15) is 34.1 Å². The highest BCUT2D eigenvalue weighted by atomic mass is 16.5. The lowest BCUT2D eigenvalue weighted by Gasteiger charge is -2.01. The molecule has 0 aromatic rings. The largest absolute Gasteiger partial charge is 0.481 e. The van der Waals surface area contributed by atoms with Crippen LogP contribution in [0.25, 0.3) is 0 Å². The molecule has 78 valence electrons. The molecule has 0 heterocycles. The Morgan fingerprint density at radius 1 is 1.31 bits per heavy atom. The molecule has 0 aromatic carbocycles. The topological polar surface area (TPSA) is 63.6 Å². The Morgan fingerprint density at radius 3 is 1.77 bits per heavy atom. The summed E-state index contributed by atoms with van der Waals surface area (Å²) in [6.45, 7) is 7.52. The van der Waals surface area contributed by atoms with E-state index in [4.69, 9.17) is 5.11 Å². The van der Waals surface area contributed by atoms with Gasteiger partial charge in [-0.2, -0.15) is 0 Å². The van der Waals surface area contributed by atoms with Gasteiger partial charge in [0.25, 0.3) is 0 Å². The summed E-state index contributed by atoms with van der Waals surface area (Å²) in [6, 6.07) is 0. The molecule has 0 aromatic heterocycles. The molecule has 13 heavy (non-hydrogen) atoms. The third kappa shape index (κ3) is 13.9. The van der Waals surface area contributed by atoms with Crippen LogP contribution >= 0.6 is 0 Å². The first-order valence-corrected chi connectivity index (χ1v) is 4.34. The number of carbonyl (C=O) groups excluding carboxylic acids is 1. The van der Waals surface area contributed by atoms with Crippen LogP contribution in [0.15, 0.2) is 0 Å². The highest BCUT2D eigenvalue weighted by Crippen LogP contribution is 1.93. The van der Waals surface area contributed by atoms with Gasteiger partial charge in [0.05, 0.1) is 12.5 Å². The molecular formula is C9H18O4. The molecule has 0 atom stereocenters. The number of carboxylic acid groups (broad SMARTS) is 1. The van der Waals surface area contributed by atoms with E-state index >= 15 is 0 Å². The van der Waals surface area contributed by atoms with Gasteiger partial charge in [0.15, 0.2) is 0 Å². The van der Waals surface area contributed by atoms with E-state index in [0.29, 0.717) is 6.61 Å². The van der Waals surface area contributed by atoms with Crippen LogP contribution in [0.3, 0.4) is 0 Å². The van der Waals surface area contributed by atoms with Crippen LogP contribution in [0.5, 0.6) is 0 Å². The summed E-state index contributed by atoms with van der Waals surface area (Å²) in [6.07, 6.45) is 0.222. The molecule has 0 amide bonds. The normalized spacial score (nSPS) is 8.69. The number of carbonyl (C=O) groups is 2. The van der Waals surface area contributed by atoms with Crippen molar-refractivity contribution in [2.45, 2.75) is 34.1 Å². The number of ether oxygens (including phenoxy) is 1. The van der Waals surface area contributed by atoms with Crippen molar-refractivity contribution < 1.29 is 19.4 Å². The predicted molar refractivity (Wildman–Crippen MR) is 49.4 cm³/mol. The summed E-state index contributed by atoms with van der Waals surface area (Å²) >= 11 is 0. The number of esters is 1. The second-order valence-corrected chi connectivity index (χ2v) is 2.65. The van der Waals surface area contributed by atoms with Gasteiger partial charge in [-0.3, -0.25) is 9.59 Å². The van der Waals surface area contributed by atoms with Gasteiger partial charge in [0, 0.05) is 6.42 Å². The van der Waals surface area contributed by atoms with Gasteiger partial charge >= 0.3 is 11.9 Å². The van der Waals surface area contributed by atoms with Gasteiger partial charge in [-0.1, -0.05) is 20.8 Å². The van der Waals surface area contributed by atoms with Gasteiger partial charge in [-0.05, 0) is 6.92 Å². The molecular weight excluding hydrogens is 172 g/mol. The standard InChI is InChI=1S/C6H12O2.C3H6O2/c1-4-8-6(7)5(2)3;1-2-3(4)5/h5H,4H2,1-3H3;2H2,1H3,(H,4,5). The van der Waals surface area contributed by atoms with Crippen molar-refractivity contribution >= 4 is 11.9 Å². The molecule has 0 spiro atoms. The van der Waals surface area contributed by atoms with E-state index in [0.717, 1.165) is 0 Å². The lowest BCUT2D eigenvalue weighted by molar-refractivity contribution is -0.146. The van der Waals surface area contributed by atoms with E-state index in [-0.39, 0.29) is 18.3 Å². The number of rotatable bonds is 3. The Balaban J connectivity index is 0. The van der Waals surface area contributed by atoms with Gasteiger partial charge in [0.1, 0.15) is 0 Å². The molecule has 0 aliphatic rings. The zero-order chi connectivity index (χ0) is 10.9. The Hall–Kier alpha value is -1.06. The zero-order valence-corrected chi connectivity index (χ0v) is 8.66. The summed E-state index contributed by atoms with van der Waals surface area (Å²) in [5, 5.41) is 7.72. The molecule has 0 aliphatic heterocycles. The van der Waals surface area contributed by atoms with Crippen molar-refractivity contribution in [3.63, 3.8) is 0 Å². The van der Waals surface area contributed by atoms with E-state index in [2.05, 4.69) is 4.74 Å². The minimum Gasteiger partial charge on any atom is -0.481 e. The van der Waals surface area contributed by atoms with Crippen molar-refractivity contribution in [2.75, 3.05) is 6.61 Å². The van der Waals surface area contributed by atoms with E-state index in [1.807, 2.05) is 13.8 Å². The van der Waals surface area contributed by atoms with E-state index in [9.17, 15) is 9.59 Å². The van der Waals surface area contributed by atoms with Crippen LogP contribution in [0.4, 0.5) is 0 Å². The SMILES string of the molecule is CCC(=O)O.CCOC(=O)C(C)C. The molecule has 4 heteroatoms. The van der Waals surface area contributed by atoms with Crippen LogP contribution in [-0.2, 0) is 14.3 Å². The Labute approximate surface area is 78.9 Å². The summed E-state index contributed by atoms with van der Waals surface area (Å²) in [4.78, 5) is 19.9. The molecule has 0 aliphatic carbocycles. The molecule has 0 radical (unpaired) electrons. The van der Waals surface area contributed by atoms with Crippen molar-refractivity contribution in [3.05, 3.63) is 0 Å². The van der Waals surface area contributed by atoms with Gasteiger partial charge in [-0.15, -0.1) is 0 Å². The smallest absolute Gasteiger partial charge is 0.308 e. The van der Waals surface area contributed by atoms with Gasteiger partial charge < -0.3 is 9.84 Å². The quantitative estimate of drug-likeness (QED) is 0.688. The third-order valence-corrected chi connectivity index (χ3v) is 1.06. The second-order valence-electron chi connectivity index (χ2n) is 2.65. The molecule has 1 N–H and O–H groups in total. The number of hydrogen-bond donors (Lipinski definition) is 1. The fourth-order valence-corrected chi connectivity index (χ4v) is 0.309. The maximum atomic E-state index is 10.5. The first kappa shape index (κ1) is 14.5. The third-order valence-electron chi connectivity index (χ3n) is 1.06. The summed E-state index contributed by atoms with van der Waals surface area (Å²) in [5.74, 6) is -0.854. The van der Waals surface area contributed by atoms with Crippen molar-refractivity contribution in [3.8, 4) is 0 Å². The number of hydrogen-bond acceptors (Lipinski definition) is 3. The molecule has 0 saturated carbocycles. The van der Waals surface area contributed by atoms with E-state index in [1.165, 1.54) is 0 Å². The number of carboxylic acids is 1. The molecule has 0 fully saturated rings. The Morgan fingerprint density at radius 2 is 1.69 bits per heavy atom. The summed E-state index contributed by atoms with van der Waals surface area (Å²) in [7, 11) is 0. The Bertz CT molecular complexity index is 152. The van der Waals surface area contributed by atoms with E-state index < -0.39 is 5.97 Å². The maximum Gasteiger partial charge on any atom is 0.308 e. The average Bonchev–Trinajstić information content (AvgIpc) is 2.06. The average molecular weight is 190 g/mol. The highest BCUT2D eigenvalue weighted by molar-refractivity contribution is 5.71. The minimum atomic E-state index is -0.745. The number of aliphatic carboxylic acids is 1. The van der Waals surface area contributed by atoms with Crippen LogP contribution in [0, 0.1) is 5.92 Å². The monoisotopic (exact) mass is 190 g/mol. The fraction of sp³-hybridized carbons (Fsp3) is 0.778. The van der Waals surface area contributed by atoms with Crippen LogP contribution in [-0.4, -0.2) is 23.7 Å². The lowest BCUT2D eigenvalue weighted by atomic mass is 10.2. The second kappa shape index (κ2) is 9.03. The highest BCUT2D eigenvalue weighted by Gasteiger charge is 2.04. The lowest BCUT2D eigenvalue weighted by Crippen LogP contribution is -2.10. The molecule has 4 nitrogen and oxygen atoms in total. The maximum absolute atomic E-state index is 10.5. The summed E-state index contributed by atoms with van der Waals surface area (Å²) < 4.78 is 4.66. The summed E-state index contributed by atoms with van der Waals surface area (Å²) in [5.41, 5.74) is 0.